The summed E-state index contributed by atoms with van der Waals surface area (Å²) in [5.41, 5.74) is 3.80. The van der Waals surface area contributed by atoms with Crippen LogP contribution in [0.2, 0.25) is 0 Å². The monoisotopic (exact) mass is 503 g/mol. The molecule has 1 heterocycles. The number of Topliss-reactive ketones (excluding diaryl/α,β-unsaturated/α-hetero) is 1. The number of carboxylic acids is 1. The number of esters is 1. The van der Waals surface area contributed by atoms with E-state index in [0.717, 1.165) is 30.3 Å². The van der Waals surface area contributed by atoms with Crippen molar-refractivity contribution in [2.24, 2.45) is 0 Å². The lowest BCUT2D eigenvalue weighted by Crippen LogP contribution is -2.61. The van der Waals surface area contributed by atoms with Gasteiger partial charge in [0.15, 0.2) is 17.6 Å². The van der Waals surface area contributed by atoms with Gasteiger partial charge in [0, 0.05) is 23.7 Å². The number of aliphatic carboxylic acids is 1. The number of hydrogen-bond donors (Lipinski definition) is 5. The van der Waals surface area contributed by atoms with Crippen LogP contribution in [0.3, 0.4) is 0 Å². The zero-order chi connectivity index (χ0) is 26.4. The Morgan fingerprint density at radius 2 is 1.67 bits per heavy atom. The summed E-state index contributed by atoms with van der Waals surface area (Å²) in [6, 6.07) is 6.29. The molecule has 0 aromatic heterocycles. The molecule has 4 rings (SSSR count). The van der Waals surface area contributed by atoms with Gasteiger partial charge in [0.25, 0.3) is 0 Å². The van der Waals surface area contributed by atoms with Gasteiger partial charge < -0.3 is 45.5 Å². The number of benzene rings is 2. The van der Waals surface area contributed by atoms with E-state index in [9.17, 15) is 39.9 Å². The maximum Gasteiger partial charge on any atom is 0.307 e. The number of rotatable bonds is 5. The zero-order valence-electron chi connectivity index (χ0n) is 19.5. The predicted molar refractivity (Wildman–Crippen MR) is 121 cm³/mol. The maximum absolute atomic E-state index is 12.9. The Balaban J connectivity index is 0.000000444. The molecule has 0 bridgehead atoms. The number of ether oxygens (including phenoxy) is 2. The minimum absolute atomic E-state index is 0.139. The summed E-state index contributed by atoms with van der Waals surface area (Å²) < 4.78 is 10.8. The summed E-state index contributed by atoms with van der Waals surface area (Å²) in [7, 11) is 0. The summed E-state index contributed by atoms with van der Waals surface area (Å²) in [5, 5.41) is 49.4. The second-order valence-electron chi connectivity index (χ2n) is 8.78. The molecule has 1 aliphatic heterocycles. The molecule has 1 aliphatic carbocycles. The van der Waals surface area contributed by atoms with E-state index in [4.69, 9.17) is 9.47 Å². The molecule has 36 heavy (non-hydrogen) atoms. The predicted octanol–water partition coefficient (Wildman–Crippen LogP) is 0.828. The number of carbonyl (C=O) groups is 3. The first kappa shape index (κ1) is 26.6. The van der Waals surface area contributed by atoms with Crippen molar-refractivity contribution in [2.45, 2.75) is 63.2 Å². The van der Waals surface area contributed by atoms with Crippen molar-refractivity contribution in [2.75, 3.05) is 0 Å². The van der Waals surface area contributed by atoms with E-state index in [1.807, 2.05) is 0 Å². The fourth-order valence-corrected chi connectivity index (χ4v) is 4.07. The SMILES string of the molecule is O=C([O-])CCC(=O)OC1C(=O)c2c(O)cc(O)cc2OC1c1ccc(O)c(O)c1.[NH3+]C1CCCCC1. The molecule has 2 unspecified atom stereocenters. The molecular formula is C25H29NO10. The minimum atomic E-state index is -1.63. The van der Waals surface area contributed by atoms with Gasteiger partial charge in [-0.15, -0.1) is 0 Å². The number of fused-ring (bicyclic) bond motifs is 1. The molecule has 2 atom stereocenters. The smallest absolute Gasteiger partial charge is 0.307 e. The van der Waals surface area contributed by atoms with E-state index in [2.05, 4.69) is 5.73 Å². The molecular weight excluding hydrogens is 474 g/mol. The lowest BCUT2D eigenvalue weighted by molar-refractivity contribution is -0.425. The number of hydrogen-bond acceptors (Lipinski definition) is 10. The average molecular weight is 504 g/mol. The Bertz CT molecular complexity index is 1130. The summed E-state index contributed by atoms with van der Waals surface area (Å²) in [4.78, 5) is 35.5. The first-order valence-electron chi connectivity index (χ1n) is 11.6. The number of ketones is 1. The van der Waals surface area contributed by atoms with Crippen molar-refractivity contribution < 1.29 is 55.1 Å². The van der Waals surface area contributed by atoms with E-state index in [0.29, 0.717) is 0 Å². The third kappa shape index (κ3) is 6.57. The van der Waals surface area contributed by atoms with Gasteiger partial charge in [0.1, 0.15) is 22.8 Å². The molecule has 11 nitrogen and oxygen atoms in total. The zero-order valence-corrected chi connectivity index (χ0v) is 19.5. The van der Waals surface area contributed by atoms with Gasteiger partial charge >= 0.3 is 5.97 Å². The molecule has 7 N–H and O–H groups in total. The number of phenolic OH excluding ortho intramolecular Hbond substituents is 4. The topological polar surface area (TPSA) is 201 Å². The summed E-state index contributed by atoms with van der Waals surface area (Å²) >= 11 is 0. The van der Waals surface area contributed by atoms with Crippen LogP contribution in [0.4, 0.5) is 0 Å². The molecule has 0 saturated heterocycles. The summed E-state index contributed by atoms with van der Waals surface area (Å²) in [5.74, 6) is -5.49. The first-order chi connectivity index (χ1) is 17.1. The Kier molecular flexibility index (Phi) is 8.59. The molecule has 194 valence electrons. The van der Waals surface area contributed by atoms with E-state index in [-0.39, 0.29) is 22.6 Å². The first-order valence-corrected chi connectivity index (χ1v) is 11.6. The molecule has 2 aromatic carbocycles. The van der Waals surface area contributed by atoms with Crippen molar-refractivity contribution in [3.63, 3.8) is 0 Å². The summed E-state index contributed by atoms with van der Waals surface area (Å²) in [6.45, 7) is 0. The molecule has 1 saturated carbocycles. The van der Waals surface area contributed by atoms with Crippen LogP contribution in [0.1, 0.15) is 67.0 Å². The molecule has 0 radical (unpaired) electrons. The Morgan fingerprint density at radius 3 is 2.25 bits per heavy atom. The van der Waals surface area contributed by atoms with Crippen LogP contribution in [0.25, 0.3) is 0 Å². The lowest BCUT2D eigenvalue weighted by atomic mass is 9.92. The van der Waals surface area contributed by atoms with E-state index < -0.39 is 60.0 Å². The molecule has 11 heteroatoms. The van der Waals surface area contributed by atoms with Crippen LogP contribution in [-0.2, 0) is 14.3 Å². The number of quaternary nitrogens is 1. The van der Waals surface area contributed by atoms with Crippen LogP contribution in [-0.4, -0.2) is 50.3 Å². The van der Waals surface area contributed by atoms with Crippen molar-refractivity contribution in [3.8, 4) is 28.7 Å². The van der Waals surface area contributed by atoms with E-state index in [1.54, 1.807) is 0 Å². The van der Waals surface area contributed by atoms with Crippen LogP contribution in [0.5, 0.6) is 28.7 Å². The van der Waals surface area contributed by atoms with Gasteiger partial charge in [-0.2, -0.15) is 0 Å². The Morgan fingerprint density at radius 1 is 0.972 bits per heavy atom. The van der Waals surface area contributed by atoms with Crippen molar-refractivity contribution in [1.82, 2.24) is 0 Å². The van der Waals surface area contributed by atoms with Crippen molar-refractivity contribution >= 4 is 17.7 Å². The molecule has 2 aromatic rings. The van der Waals surface area contributed by atoms with Gasteiger partial charge in [-0.05, 0) is 44.2 Å². The highest BCUT2D eigenvalue weighted by Crippen LogP contribution is 2.43. The van der Waals surface area contributed by atoms with E-state index in [1.165, 1.54) is 38.2 Å². The quantitative estimate of drug-likeness (QED) is 0.287. The van der Waals surface area contributed by atoms with Crippen LogP contribution >= 0.6 is 0 Å². The molecule has 2 aliphatic rings. The normalized spacial score (nSPS) is 19.3. The average Bonchev–Trinajstić information content (AvgIpc) is 2.81. The van der Waals surface area contributed by atoms with Gasteiger partial charge in [-0.25, -0.2) is 0 Å². The number of aromatic hydroxyl groups is 4. The second kappa shape index (κ2) is 11.6. The third-order valence-corrected chi connectivity index (χ3v) is 5.94. The van der Waals surface area contributed by atoms with E-state index >= 15 is 0 Å². The number of carbonyl (C=O) groups excluding carboxylic acids is 3. The minimum Gasteiger partial charge on any atom is -0.550 e. The number of carboxylic acid groups (broad SMARTS) is 1. The van der Waals surface area contributed by atoms with Crippen LogP contribution in [0.15, 0.2) is 30.3 Å². The molecule has 0 spiro atoms. The fourth-order valence-electron chi connectivity index (χ4n) is 4.07. The van der Waals surface area contributed by atoms with Gasteiger partial charge in [-0.1, -0.05) is 12.5 Å². The van der Waals surface area contributed by atoms with Crippen LogP contribution < -0.4 is 15.6 Å². The highest BCUT2D eigenvalue weighted by molar-refractivity contribution is 6.06. The number of phenols is 4. The summed E-state index contributed by atoms with van der Waals surface area (Å²) in [6.07, 6.45) is 2.93. The van der Waals surface area contributed by atoms with Crippen molar-refractivity contribution in [3.05, 3.63) is 41.5 Å². The maximum atomic E-state index is 12.9. The van der Waals surface area contributed by atoms with Gasteiger partial charge in [0.2, 0.25) is 11.9 Å². The standard InChI is InChI=1S/C19H16O10.C6H13N/c20-9-6-12(23)16-13(7-9)28-18(8-1-2-10(21)11(22)5-8)19(17(16)27)29-15(26)4-3-14(24)25;7-6-4-2-1-3-5-6/h1-2,5-7,18-23H,3-4H2,(H,24,25);6H,1-5,7H2. The molecule has 0 amide bonds. The fraction of sp³-hybridized carbons (Fsp3) is 0.400. The largest absolute Gasteiger partial charge is 0.550 e. The Labute approximate surface area is 206 Å². The van der Waals surface area contributed by atoms with Crippen molar-refractivity contribution in [1.29, 1.82) is 0 Å². The lowest BCUT2D eigenvalue weighted by Gasteiger charge is -2.32. The highest BCUT2D eigenvalue weighted by atomic mass is 16.6. The Hall–Kier alpha value is -3.99. The molecule has 1 fully saturated rings. The second-order valence-corrected chi connectivity index (χ2v) is 8.78. The van der Waals surface area contributed by atoms with Crippen LogP contribution in [0, 0.1) is 0 Å². The van der Waals surface area contributed by atoms with Gasteiger partial charge in [-0.3, -0.25) is 9.59 Å². The van der Waals surface area contributed by atoms with Gasteiger partial charge in [0.05, 0.1) is 12.5 Å². The third-order valence-electron chi connectivity index (χ3n) is 5.94. The highest BCUT2D eigenvalue weighted by Gasteiger charge is 2.43.